The minimum Gasteiger partial charge on any atom is -0.480 e. The number of aliphatic hydroxyl groups excluding tert-OH is 1. The predicted molar refractivity (Wildman–Crippen MR) is 178 cm³/mol. The topological polar surface area (TPSA) is 174 Å². The van der Waals surface area contributed by atoms with Crippen LogP contribution in [0.2, 0.25) is 10.0 Å². The predicted octanol–water partition coefficient (Wildman–Crippen LogP) is 4.13. The van der Waals surface area contributed by atoms with E-state index in [4.69, 9.17) is 43.4 Å². The summed E-state index contributed by atoms with van der Waals surface area (Å²) in [6, 6.07) is 10.4. The van der Waals surface area contributed by atoms with Crippen LogP contribution in [0.15, 0.2) is 48.8 Å². The van der Waals surface area contributed by atoms with Crippen molar-refractivity contribution in [3.63, 3.8) is 0 Å². The van der Waals surface area contributed by atoms with Gasteiger partial charge in [-0.3, -0.25) is 24.9 Å². The van der Waals surface area contributed by atoms with Gasteiger partial charge in [-0.25, -0.2) is 9.97 Å². The molecule has 47 heavy (non-hydrogen) atoms. The molecule has 5 N–H and O–H groups in total. The number of aromatic nitrogens is 4. The van der Waals surface area contributed by atoms with Crippen molar-refractivity contribution in [2.45, 2.75) is 50.7 Å². The Labute approximate surface area is 282 Å². The molecule has 0 unspecified atom stereocenters. The van der Waals surface area contributed by atoms with Crippen LogP contribution in [0.5, 0.6) is 11.8 Å². The smallest absolute Gasteiger partial charge is 0.237 e. The molecule has 1 aliphatic heterocycles. The fraction of sp³-hybridized carbons (Fsp3) is 0.333. The summed E-state index contributed by atoms with van der Waals surface area (Å²) in [7, 11) is 3.02. The van der Waals surface area contributed by atoms with Gasteiger partial charge >= 0.3 is 0 Å². The minimum atomic E-state index is -0.934. The van der Waals surface area contributed by atoms with Gasteiger partial charge in [-0.2, -0.15) is 0 Å². The molecule has 2 aromatic carbocycles. The average Bonchev–Trinajstić information content (AvgIpc) is 3.50. The van der Waals surface area contributed by atoms with E-state index in [1.807, 2.05) is 36.4 Å². The lowest BCUT2D eigenvalue weighted by Crippen LogP contribution is -2.43. The first-order valence-corrected chi connectivity index (χ1v) is 15.8. The molecule has 246 valence electrons. The molecule has 12 nitrogen and oxygen atoms in total. The number of ether oxygens (including phenoxy) is 2. The molecule has 5 rings (SSSR count). The van der Waals surface area contributed by atoms with Crippen LogP contribution in [-0.4, -0.2) is 69.8 Å². The second-order valence-corrected chi connectivity index (χ2v) is 11.7. The molecule has 0 aliphatic carbocycles. The van der Waals surface area contributed by atoms with E-state index in [1.165, 1.54) is 7.11 Å². The normalized spacial score (nSPS) is 14.9. The number of methoxy groups -OCH3 is 2. The average molecular weight is 681 g/mol. The van der Waals surface area contributed by atoms with Crippen LogP contribution >= 0.6 is 23.2 Å². The zero-order valence-electron chi connectivity index (χ0n) is 25.9. The van der Waals surface area contributed by atoms with Gasteiger partial charge in [-0.1, -0.05) is 59.6 Å². The van der Waals surface area contributed by atoms with Crippen LogP contribution in [0.3, 0.4) is 0 Å². The first-order chi connectivity index (χ1) is 22.7. The molecule has 0 saturated carbocycles. The molecular formula is C33H35Cl2N7O5. The number of carbonyl (C=O) groups is 2. The van der Waals surface area contributed by atoms with Gasteiger partial charge in [0.05, 0.1) is 54.7 Å². The quantitative estimate of drug-likeness (QED) is 0.152. The fourth-order valence-corrected chi connectivity index (χ4v) is 6.08. The van der Waals surface area contributed by atoms with E-state index in [1.54, 1.807) is 19.5 Å². The maximum absolute atomic E-state index is 11.5. The number of aryl methyl sites for hydroxylation is 1. The van der Waals surface area contributed by atoms with Crippen molar-refractivity contribution in [3.8, 4) is 45.4 Å². The highest BCUT2D eigenvalue weighted by Crippen LogP contribution is 2.42. The van der Waals surface area contributed by atoms with Crippen molar-refractivity contribution in [3.05, 3.63) is 70.2 Å². The van der Waals surface area contributed by atoms with E-state index in [0.717, 1.165) is 25.0 Å². The SMILES string of the molecule is COc1nc(-c2cccc(-c3cccc(-c4cnc(CN[C@@H](CO)C(N)=O)c(OC)n4)c3Cl)c2Cl)cnc1CCC[C@@H]1CCC(=O)N1. The van der Waals surface area contributed by atoms with E-state index in [-0.39, 0.29) is 24.4 Å². The number of nitrogens with two attached hydrogens (primary N) is 1. The molecule has 0 bridgehead atoms. The number of aliphatic hydroxyl groups is 1. The maximum Gasteiger partial charge on any atom is 0.237 e. The van der Waals surface area contributed by atoms with E-state index < -0.39 is 18.6 Å². The third kappa shape index (κ3) is 7.79. The summed E-state index contributed by atoms with van der Waals surface area (Å²) in [6.07, 6.45) is 7.06. The molecule has 3 heterocycles. The molecule has 2 amide bonds. The number of rotatable bonds is 14. The summed E-state index contributed by atoms with van der Waals surface area (Å²) in [6.45, 7) is -0.362. The Morgan fingerprint density at radius 2 is 1.53 bits per heavy atom. The van der Waals surface area contributed by atoms with Crippen LogP contribution in [-0.2, 0) is 22.6 Å². The highest BCUT2D eigenvalue weighted by Gasteiger charge is 2.22. The van der Waals surface area contributed by atoms with Crippen LogP contribution in [0, 0.1) is 0 Å². The molecule has 0 radical (unpaired) electrons. The van der Waals surface area contributed by atoms with Crippen LogP contribution < -0.4 is 25.8 Å². The zero-order valence-corrected chi connectivity index (χ0v) is 27.4. The Morgan fingerprint density at radius 1 is 0.979 bits per heavy atom. The molecule has 14 heteroatoms. The summed E-state index contributed by atoms with van der Waals surface area (Å²) >= 11 is 14.0. The van der Waals surface area contributed by atoms with E-state index in [0.29, 0.717) is 68.1 Å². The summed E-state index contributed by atoms with van der Waals surface area (Å²) in [5, 5.41) is 16.0. The second kappa shape index (κ2) is 15.5. The third-order valence-corrected chi connectivity index (χ3v) is 8.76. The van der Waals surface area contributed by atoms with Gasteiger partial charge in [0.2, 0.25) is 23.6 Å². The van der Waals surface area contributed by atoms with Gasteiger partial charge in [-0.15, -0.1) is 0 Å². The number of hydrogen-bond acceptors (Lipinski definition) is 10. The Hall–Kier alpha value is -4.36. The Kier molecular flexibility index (Phi) is 11.2. The summed E-state index contributed by atoms with van der Waals surface area (Å²) in [5.74, 6) is 0.0670. The zero-order chi connectivity index (χ0) is 33.5. The summed E-state index contributed by atoms with van der Waals surface area (Å²) < 4.78 is 11.0. The van der Waals surface area contributed by atoms with Crippen molar-refractivity contribution >= 4 is 35.0 Å². The lowest BCUT2D eigenvalue weighted by molar-refractivity contribution is -0.121. The second-order valence-electron chi connectivity index (χ2n) is 11.0. The van der Waals surface area contributed by atoms with Gasteiger partial charge in [0.15, 0.2) is 0 Å². The van der Waals surface area contributed by atoms with Crippen molar-refractivity contribution in [1.82, 2.24) is 30.6 Å². The maximum atomic E-state index is 11.5. The van der Waals surface area contributed by atoms with Crippen molar-refractivity contribution in [2.75, 3.05) is 20.8 Å². The third-order valence-electron chi connectivity index (χ3n) is 7.94. The number of hydrogen-bond donors (Lipinski definition) is 4. The lowest BCUT2D eigenvalue weighted by atomic mass is 9.98. The molecule has 2 atom stereocenters. The number of nitrogens with zero attached hydrogens (tertiary/aromatic N) is 4. The number of carbonyl (C=O) groups excluding carboxylic acids is 2. The highest BCUT2D eigenvalue weighted by atomic mass is 35.5. The van der Waals surface area contributed by atoms with Gasteiger partial charge in [0, 0.05) is 41.3 Å². The Balaban J connectivity index is 1.39. The number of primary amides is 1. The Bertz CT molecular complexity index is 1770. The Morgan fingerprint density at radius 3 is 2.04 bits per heavy atom. The molecule has 4 aromatic rings. The first kappa shape index (κ1) is 34.0. The van der Waals surface area contributed by atoms with Gasteiger partial charge in [-0.05, 0) is 25.7 Å². The van der Waals surface area contributed by atoms with Crippen molar-refractivity contribution in [2.24, 2.45) is 5.73 Å². The molecular weight excluding hydrogens is 645 g/mol. The van der Waals surface area contributed by atoms with Crippen LogP contribution in [0.4, 0.5) is 0 Å². The first-order valence-electron chi connectivity index (χ1n) is 15.0. The van der Waals surface area contributed by atoms with Crippen LogP contribution in [0.1, 0.15) is 37.1 Å². The number of amides is 2. The highest BCUT2D eigenvalue weighted by molar-refractivity contribution is 6.39. The molecule has 1 aliphatic rings. The number of halogens is 2. The van der Waals surface area contributed by atoms with Gasteiger partial charge < -0.3 is 25.6 Å². The van der Waals surface area contributed by atoms with Crippen LogP contribution in [0.25, 0.3) is 33.6 Å². The number of nitrogens with one attached hydrogen (secondary N) is 2. The summed E-state index contributed by atoms with van der Waals surface area (Å²) in [4.78, 5) is 41.4. The molecule has 0 spiro atoms. The van der Waals surface area contributed by atoms with E-state index in [2.05, 4.69) is 25.6 Å². The molecule has 1 saturated heterocycles. The van der Waals surface area contributed by atoms with Crippen molar-refractivity contribution in [1.29, 1.82) is 0 Å². The van der Waals surface area contributed by atoms with Gasteiger partial charge in [0.1, 0.15) is 17.4 Å². The van der Waals surface area contributed by atoms with Gasteiger partial charge in [0.25, 0.3) is 0 Å². The molecule has 2 aromatic heterocycles. The van der Waals surface area contributed by atoms with E-state index >= 15 is 0 Å². The van der Waals surface area contributed by atoms with E-state index in [9.17, 15) is 14.7 Å². The fourth-order valence-electron chi connectivity index (χ4n) is 5.43. The minimum absolute atomic E-state index is 0.0928. The molecule has 1 fully saturated rings. The lowest BCUT2D eigenvalue weighted by Gasteiger charge is -2.16. The van der Waals surface area contributed by atoms with Crippen molar-refractivity contribution < 1.29 is 24.2 Å². The summed E-state index contributed by atoms with van der Waals surface area (Å²) in [5.41, 5.74) is 10.1. The standard InChI is InChI=1S/C33H35Cl2N7O5/c1-46-32-23(11-3-6-18-12-13-28(44)40-18)37-14-24(41-32)21-9-4-7-19(29(21)34)20-8-5-10-22(30(20)35)25-15-38-26(33(42-25)47-2)16-39-27(17-43)31(36)45/h4-5,7-10,14-15,18,27,39,43H,3,6,11-13,16-17H2,1-2H3,(H2,36,45)(H,40,44)/t18-,27+/m1/s1. The monoisotopic (exact) mass is 679 g/mol. The number of benzene rings is 2. The largest absolute Gasteiger partial charge is 0.480 e.